The molecule has 1 saturated carbocycles. The van der Waals surface area contributed by atoms with Gasteiger partial charge in [-0.1, -0.05) is 65.9 Å². The number of esters is 3. The molecule has 0 bridgehead atoms. The number of nitrogens with two attached hydrogens (primary N) is 1. The molecule has 0 radical (unpaired) electrons. The van der Waals surface area contributed by atoms with E-state index < -0.39 is 29.6 Å². The maximum Gasteiger partial charge on any atom is 0.324 e. The molecule has 9 nitrogen and oxygen atoms in total. The third-order valence-electron chi connectivity index (χ3n) is 7.73. The van der Waals surface area contributed by atoms with Crippen LogP contribution in [0.2, 0.25) is 0 Å². The second-order valence-corrected chi connectivity index (χ2v) is 11.6. The van der Waals surface area contributed by atoms with E-state index in [1.54, 1.807) is 13.0 Å². The van der Waals surface area contributed by atoms with Crippen molar-refractivity contribution in [2.24, 2.45) is 23.5 Å². The van der Waals surface area contributed by atoms with E-state index in [1.165, 1.54) is 12.1 Å². The molecule has 1 fully saturated rings. The molecule has 1 aromatic carbocycles. The smallest absolute Gasteiger partial charge is 0.324 e. The second-order valence-electron chi connectivity index (χ2n) is 11.6. The Labute approximate surface area is 238 Å². The first-order chi connectivity index (χ1) is 18.9. The van der Waals surface area contributed by atoms with Gasteiger partial charge in [-0.25, -0.2) is 0 Å². The number of hydrogen-bond donors (Lipinski definition) is 2. The molecule has 224 valence electrons. The van der Waals surface area contributed by atoms with E-state index in [2.05, 4.69) is 0 Å². The summed E-state index contributed by atoms with van der Waals surface area (Å²) in [7, 11) is 0. The van der Waals surface area contributed by atoms with Gasteiger partial charge in [0, 0.05) is 25.7 Å². The van der Waals surface area contributed by atoms with Gasteiger partial charge in [0.15, 0.2) is 11.5 Å². The van der Waals surface area contributed by atoms with Crippen LogP contribution in [0.15, 0.2) is 18.2 Å². The molecule has 1 aromatic rings. The van der Waals surface area contributed by atoms with Gasteiger partial charge in [0.05, 0.1) is 5.92 Å². The Hall–Kier alpha value is -2.94. The zero-order chi connectivity index (χ0) is 29.9. The highest BCUT2D eigenvalue weighted by Gasteiger charge is 2.38. The summed E-state index contributed by atoms with van der Waals surface area (Å²) < 4.78 is 16.7. The molecule has 1 aliphatic rings. The maximum absolute atomic E-state index is 12.6. The third kappa shape index (κ3) is 10.6. The molecule has 4 atom stereocenters. The summed E-state index contributed by atoms with van der Waals surface area (Å²) in [6, 6.07) is 4.58. The van der Waals surface area contributed by atoms with E-state index in [4.69, 9.17) is 19.9 Å². The van der Waals surface area contributed by atoms with Crippen molar-refractivity contribution in [1.82, 2.24) is 0 Å². The summed E-state index contributed by atoms with van der Waals surface area (Å²) in [5.41, 5.74) is 5.09. The average Bonchev–Trinajstić information content (AvgIpc) is 2.90. The van der Waals surface area contributed by atoms with E-state index in [0.29, 0.717) is 5.56 Å². The quantitative estimate of drug-likeness (QED) is 0.207. The number of benzene rings is 1. The Kier molecular flexibility index (Phi) is 13.1. The normalized spacial score (nSPS) is 17.6. The third-order valence-corrected chi connectivity index (χ3v) is 7.73. The first kappa shape index (κ1) is 33.3. The molecule has 0 heterocycles. The molecule has 2 rings (SSSR count). The molecule has 3 unspecified atom stereocenters. The summed E-state index contributed by atoms with van der Waals surface area (Å²) in [4.78, 5) is 49.9. The standard InChI is InChI=1S/C31H47NO8/c1-6-20(3)15-27(33)39-25-14-13-23(17-26(25)40-28(34)16-21(4)7-2)19-31(32,30(36)37)18-22(5)38-29(35)24-11-9-8-10-12-24/h13-14,17,20-22,24H,6-12,15-16,18-19,32H2,1-5H3,(H,36,37)/t20?,21?,22-,31?/m0/s1. The molecule has 0 amide bonds. The summed E-state index contributed by atoms with van der Waals surface area (Å²) in [6.07, 6.45) is 5.71. The fraction of sp³-hybridized carbons (Fsp3) is 0.677. The van der Waals surface area contributed by atoms with Gasteiger partial charge in [-0.3, -0.25) is 19.2 Å². The Morgan fingerprint density at radius 2 is 1.48 bits per heavy atom. The minimum absolute atomic E-state index is 0.0350. The number of aliphatic carboxylic acids is 1. The predicted molar refractivity (Wildman–Crippen MR) is 151 cm³/mol. The van der Waals surface area contributed by atoms with Crippen LogP contribution in [-0.2, 0) is 30.3 Å². The molecule has 0 saturated heterocycles. The minimum atomic E-state index is -1.75. The Morgan fingerprint density at radius 1 is 0.925 bits per heavy atom. The maximum atomic E-state index is 12.6. The van der Waals surface area contributed by atoms with Crippen molar-refractivity contribution in [2.75, 3.05) is 0 Å². The Bertz CT molecular complexity index is 1020. The monoisotopic (exact) mass is 561 g/mol. The highest BCUT2D eigenvalue weighted by molar-refractivity contribution is 5.80. The first-order valence-corrected chi connectivity index (χ1v) is 14.6. The van der Waals surface area contributed by atoms with E-state index in [9.17, 15) is 24.3 Å². The van der Waals surface area contributed by atoms with Crippen LogP contribution in [0, 0.1) is 17.8 Å². The van der Waals surface area contributed by atoms with Crippen LogP contribution in [0.5, 0.6) is 11.5 Å². The lowest BCUT2D eigenvalue weighted by atomic mass is 9.86. The number of carboxylic acid groups (broad SMARTS) is 1. The number of carbonyl (C=O) groups is 4. The summed E-state index contributed by atoms with van der Waals surface area (Å²) in [6.45, 7) is 9.47. The molecule has 3 N–H and O–H groups in total. The van der Waals surface area contributed by atoms with Crippen LogP contribution in [0.25, 0.3) is 0 Å². The van der Waals surface area contributed by atoms with E-state index in [1.807, 2.05) is 27.7 Å². The van der Waals surface area contributed by atoms with Crippen molar-refractivity contribution in [3.63, 3.8) is 0 Å². The molecule has 40 heavy (non-hydrogen) atoms. The van der Waals surface area contributed by atoms with Gasteiger partial charge in [0.25, 0.3) is 0 Å². The van der Waals surface area contributed by atoms with Crippen LogP contribution in [-0.4, -0.2) is 40.6 Å². The molecular weight excluding hydrogens is 514 g/mol. The molecular formula is C31H47NO8. The summed E-state index contributed by atoms with van der Waals surface area (Å²) in [5, 5.41) is 10.0. The Morgan fingerprint density at radius 3 is 2.00 bits per heavy atom. The zero-order valence-electron chi connectivity index (χ0n) is 24.7. The van der Waals surface area contributed by atoms with Gasteiger partial charge < -0.3 is 25.1 Å². The topological polar surface area (TPSA) is 142 Å². The average molecular weight is 562 g/mol. The van der Waals surface area contributed by atoms with Gasteiger partial charge in [-0.2, -0.15) is 0 Å². The number of rotatable bonds is 15. The second kappa shape index (κ2) is 15.7. The summed E-state index contributed by atoms with van der Waals surface area (Å²) >= 11 is 0. The largest absolute Gasteiger partial charge is 0.480 e. The lowest BCUT2D eigenvalue weighted by Gasteiger charge is -2.29. The van der Waals surface area contributed by atoms with E-state index in [-0.39, 0.29) is 60.9 Å². The van der Waals surface area contributed by atoms with Crippen molar-refractivity contribution in [3.8, 4) is 11.5 Å². The number of carboxylic acids is 1. The lowest BCUT2D eigenvalue weighted by molar-refractivity contribution is -0.158. The van der Waals surface area contributed by atoms with Gasteiger partial charge in [0.1, 0.15) is 11.6 Å². The van der Waals surface area contributed by atoms with Crippen molar-refractivity contribution in [1.29, 1.82) is 0 Å². The minimum Gasteiger partial charge on any atom is -0.480 e. The zero-order valence-corrected chi connectivity index (χ0v) is 24.7. The van der Waals surface area contributed by atoms with Crippen LogP contribution >= 0.6 is 0 Å². The number of ether oxygens (including phenoxy) is 3. The van der Waals surface area contributed by atoms with Crippen LogP contribution in [0.3, 0.4) is 0 Å². The lowest BCUT2D eigenvalue weighted by Crippen LogP contribution is -2.52. The predicted octanol–water partition coefficient (Wildman–Crippen LogP) is 5.60. The molecule has 1 aliphatic carbocycles. The van der Waals surface area contributed by atoms with Crippen LogP contribution in [0.4, 0.5) is 0 Å². The van der Waals surface area contributed by atoms with Crippen molar-refractivity contribution in [3.05, 3.63) is 23.8 Å². The number of carbonyl (C=O) groups excluding carboxylic acids is 3. The van der Waals surface area contributed by atoms with Crippen molar-refractivity contribution < 1.29 is 38.5 Å². The van der Waals surface area contributed by atoms with Gasteiger partial charge in [0.2, 0.25) is 0 Å². The van der Waals surface area contributed by atoms with Gasteiger partial charge in [-0.05, 0) is 49.3 Å². The van der Waals surface area contributed by atoms with Gasteiger partial charge >= 0.3 is 23.9 Å². The fourth-order valence-corrected chi connectivity index (χ4v) is 4.80. The fourth-order valence-electron chi connectivity index (χ4n) is 4.80. The van der Waals surface area contributed by atoms with Gasteiger partial charge in [-0.15, -0.1) is 0 Å². The van der Waals surface area contributed by atoms with Crippen molar-refractivity contribution >= 4 is 23.9 Å². The van der Waals surface area contributed by atoms with E-state index >= 15 is 0 Å². The molecule has 0 aromatic heterocycles. The van der Waals surface area contributed by atoms with Crippen LogP contribution < -0.4 is 15.2 Å². The SMILES string of the molecule is CCC(C)CC(=O)Oc1ccc(CC(N)(C[C@H](C)OC(=O)C2CCCCC2)C(=O)O)cc1OC(=O)CC(C)CC. The molecule has 0 aliphatic heterocycles. The number of hydrogen-bond acceptors (Lipinski definition) is 8. The van der Waals surface area contributed by atoms with E-state index in [0.717, 1.165) is 44.9 Å². The highest BCUT2D eigenvalue weighted by atomic mass is 16.6. The van der Waals surface area contributed by atoms with Crippen LogP contribution in [0.1, 0.15) is 104 Å². The highest BCUT2D eigenvalue weighted by Crippen LogP contribution is 2.32. The molecule has 0 spiro atoms. The Balaban J connectivity index is 2.22. The summed E-state index contributed by atoms with van der Waals surface area (Å²) in [5.74, 6) is -2.28. The molecule has 9 heteroatoms. The van der Waals surface area contributed by atoms with Crippen molar-refractivity contribution in [2.45, 2.75) is 117 Å². The first-order valence-electron chi connectivity index (χ1n) is 14.6.